The van der Waals surface area contributed by atoms with Gasteiger partial charge in [-0.25, -0.2) is 0 Å². The molecule has 0 aromatic rings. The van der Waals surface area contributed by atoms with Gasteiger partial charge < -0.3 is 4.74 Å². The molecule has 5 unspecified atom stereocenters. The van der Waals surface area contributed by atoms with Crippen LogP contribution < -0.4 is 0 Å². The quantitative estimate of drug-likeness (QED) is 0.395. The van der Waals surface area contributed by atoms with Crippen LogP contribution in [0.4, 0.5) is 0 Å². The Bertz CT molecular complexity index is 416. The zero-order valence-electron chi connectivity index (χ0n) is 14.1. The van der Waals surface area contributed by atoms with E-state index in [0.717, 1.165) is 15.8 Å². The van der Waals surface area contributed by atoms with Gasteiger partial charge in [-0.2, -0.15) is 0 Å². The van der Waals surface area contributed by atoms with E-state index in [4.69, 9.17) is 4.74 Å². The zero-order chi connectivity index (χ0) is 15.9. The fraction of sp³-hybridized carbons (Fsp3) is 0.944. The highest BCUT2D eigenvalue weighted by molar-refractivity contribution is 14.1. The summed E-state index contributed by atoms with van der Waals surface area (Å²) in [5, 5.41) is 0. The second kappa shape index (κ2) is 6.96. The normalized spacial score (nSPS) is 45.7. The van der Waals surface area contributed by atoms with Gasteiger partial charge in [-0.3, -0.25) is 9.69 Å². The molecule has 0 N–H and O–H groups in total. The van der Waals surface area contributed by atoms with Crippen molar-refractivity contribution in [2.45, 2.75) is 67.9 Å². The summed E-state index contributed by atoms with van der Waals surface area (Å²) in [7, 11) is 3.78. The van der Waals surface area contributed by atoms with E-state index >= 15 is 0 Å². The minimum absolute atomic E-state index is 0.0461. The van der Waals surface area contributed by atoms with Crippen LogP contribution in [-0.2, 0) is 9.53 Å². The summed E-state index contributed by atoms with van der Waals surface area (Å²) in [5.74, 6) is 2.32. The first-order valence-electron chi connectivity index (χ1n) is 9.00. The molecule has 0 amide bonds. The fourth-order valence-electron chi connectivity index (χ4n) is 5.52. The van der Waals surface area contributed by atoms with Crippen molar-refractivity contribution in [3.05, 3.63) is 0 Å². The first-order valence-corrected chi connectivity index (χ1v) is 10.2. The van der Waals surface area contributed by atoms with Gasteiger partial charge in [-0.1, -0.05) is 35.9 Å². The van der Waals surface area contributed by atoms with Crippen molar-refractivity contribution < 1.29 is 9.53 Å². The van der Waals surface area contributed by atoms with Crippen molar-refractivity contribution in [1.82, 2.24) is 4.90 Å². The van der Waals surface area contributed by atoms with Crippen molar-refractivity contribution in [3.8, 4) is 0 Å². The van der Waals surface area contributed by atoms with Crippen molar-refractivity contribution in [1.29, 1.82) is 0 Å². The topological polar surface area (TPSA) is 29.5 Å². The van der Waals surface area contributed by atoms with Crippen LogP contribution in [0.2, 0.25) is 0 Å². The highest BCUT2D eigenvalue weighted by Gasteiger charge is 2.51. The van der Waals surface area contributed by atoms with E-state index in [1.54, 1.807) is 7.11 Å². The molecular formula is C18H30INO2. The van der Waals surface area contributed by atoms with Crippen LogP contribution in [-0.4, -0.2) is 41.0 Å². The van der Waals surface area contributed by atoms with E-state index in [1.807, 2.05) is 0 Å². The SMILES string of the molecule is CCC1CCC([C@H]2C[C@H]3CCC(C2C(=O)OC)N3C)CC1I. The van der Waals surface area contributed by atoms with Crippen LogP contribution in [0.15, 0.2) is 0 Å². The number of halogens is 1. The maximum Gasteiger partial charge on any atom is 0.310 e. The molecule has 3 fully saturated rings. The van der Waals surface area contributed by atoms with Gasteiger partial charge in [-0.05, 0) is 63.3 Å². The second-order valence-electron chi connectivity index (χ2n) is 7.67. The summed E-state index contributed by atoms with van der Waals surface area (Å²) in [6, 6.07) is 1.13. The van der Waals surface area contributed by atoms with Crippen molar-refractivity contribution in [2.24, 2.45) is 23.7 Å². The van der Waals surface area contributed by atoms with Gasteiger partial charge in [0.25, 0.3) is 0 Å². The molecule has 1 aliphatic carbocycles. The van der Waals surface area contributed by atoms with Crippen molar-refractivity contribution in [3.63, 3.8) is 0 Å². The minimum Gasteiger partial charge on any atom is -0.469 e. The molecule has 0 spiro atoms. The average Bonchev–Trinajstić information content (AvgIpc) is 2.76. The Hall–Kier alpha value is 0.160. The Labute approximate surface area is 148 Å². The lowest BCUT2D eigenvalue weighted by Crippen LogP contribution is -2.52. The number of nitrogens with zero attached hydrogens (tertiary/aromatic N) is 1. The lowest BCUT2D eigenvalue weighted by Gasteiger charge is -2.47. The van der Waals surface area contributed by atoms with E-state index in [9.17, 15) is 4.79 Å². The Morgan fingerprint density at radius 3 is 2.64 bits per heavy atom. The lowest BCUT2D eigenvalue weighted by atomic mass is 9.66. The molecule has 1 saturated carbocycles. The highest BCUT2D eigenvalue weighted by Crippen LogP contribution is 2.49. The third kappa shape index (κ3) is 2.94. The molecule has 2 heterocycles. The van der Waals surface area contributed by atoms with Crippen molar-refractivity contribution >= 4 is 28.6 Å². The van der Waals surface area contributed by atoms with Gasteiger partial charge in [0.15, 0.2) is 0 Å². The molecular weight excluding hydrogens is 389 g/mol. The number of carbonyl (C=O) groups is 1. The standard InChI is InChI=1S/C18H30INO2/c1-4-11-5-6-12(9-15(11)19)14-10-13-7-8-16(20(13)2)17(14)18(21)22-3/h11-17H,4-10H2,1-3H3/t11?,12?,13-,14-,15?,16?,17?/m1/s1. The van der Waals surface area contributed by atoms with Gasteiger partial charge in [0.2, 0.25) is 0 Å². The summed E-state index contributed by atoms with van der Waals surface area (Å²) in [4.78, 5) is 15.0. The molecule has 3 aliphatic rings. The van der Waals surface area contributed by atoms with E-state index in [1.165, 1.54) is 44.9 Å². The summed E-state index contributed by atoms with van der Waals surface area (Å²) in [5.41, 5.74) is 0. The fourth-order valence-corrected chi connectivity index (χ4v) is 7.04. The van der Waals surface area contributed by atoms with Crippen LogP contribution in [0.3, 0.4) is 0 Å². The Kier molecular flexibility index (Phi) is 5.38. The van der Waals surface area contributed by atoms with Gasteiger partial charge in [0, 0.05) is 16.0 Å². The Balaban J connectivity index is 1.78. The molecule has 3 nitrogen and oxygen atoms in total. The van der Waals surface area contributed by atoms with E-state index in [-0.39, 0.29) is 11.9 Å². The molecule has 7 atom stereocenters. The molecule has 2 saturated heterocycles. The number of carbonyl (C=O) groups excluding carboxylic acids is 1. The minimum atomic E-state index is 0.0461. The molecule has 0 aromatic heterocycles. The van der Waals surface area contributed by atoms with Gasteiger partial charge >= 0.3 is 5.97 Å². The first-order chi connectivity index (χ1) is 10.6. The van der Waals surface area contributed by atoms with Crippen LogP contribution >= 0.6 is 22.6 Å². The largest absolute Gasteiger partial charge is 0.469 e. The molecule has 2 aliphatic heterocycles. The second-order valence-corrected chi connectivity index (χ2v) is 9.27. The molecule has 3 rings (SSSR count). The van der Waals surface area contributed by atoms with E-state index in [2.05, 4.69) is 41.5 Å². The monoisotopic (exact) mass is 419 g/mol. The number of ether oxygens (including phenoxy) is 1. The number of fused-ring (bicyclic) bond motifs is 2. The zero-order valence-corrected chi connectivity index (χ0v) is 16.3. The Morgan fingerprint density at radius 1 is 1.23 bits per heavy atom. The van der Waals surface area contributed by atoms with Gasteiger partial charge in [-0.15, -0.1) is 0 Å². The molecule has 0 aromatic carbocycles. The number of piperidine rings is 1. The van der Waals surface area contributed by atoms with E-state index < -0.39 is 0 Å². The third-order valence-corrected chi connectivity index (χ3v) is 8.39. The number of methoxy groups -OCH3 is 1. The predicted molar refractivity (Wildman–Crippen MR) is 97.1 cm³/mol. The number of hydrogen-bond acceptors (Lipinski definition) is 3. The van der Waals surface area contributed by atoms with Crippen LogP contribution in [0.25, 0.3) is 0 Å². The van der Waals surface area contributed by atoms with Crippen molar-refractivity contribution in [2.75, 3.05) is 14.2 Å². The Morgan fingerprint density at radius 2 is 2.00 bits per heavy atom. The highest BCUT2D eigenvalue weighted by atomic mass is 127. The molecule has 126 valence electrons. The molecule has 4 heteroatoms. The van der Waals surface area contributed by atoms with E-state index in [0.29, 0.717) is 18.0 Å². The summed E-state index contributed by atoms with van der Waals surface area (Å²) >= 11 is 2.67. The summed E-state index contributed by atoms with van der Waals surface area (Å²) in [6.07, 6.45) is 8.93. The van der Waals surface area contributed by atoms with Gasteiger partial charge in [0.05, 0.1) is 13.0 Å². The number of rotatable bonds is 3. The average molecular weight is 419 g/mol. The maximum atomic E-state index is 12.5. The third-order valence-electron chi connectivity index (χ3n) is 6.87. The maximum absolute atomic E-state index is 12.5. The first kappa shape index (κ1) is 17.0. The molecule has 22 heavy (non-hydrogen) atoms. The number of esters is 1. The lowest BCUT2D eigenvalue weighted by molar-refractivity contribution is -0.154. The van der Waals surface area contributed by atoms with Crippen LogP contribution in [0.1, 0.15) is 51.9 Å². The van der Waals surface area contributed by atoms with Crippen LogP contribution in [0.5, 0.6) is 0 Å². The number of alkyl halides is 1. The molecule has 2 bridgehead atoms. The summed E-state index contributed by atoms with van der Waals surface area (Å²) in [6.45, 7) is 2.32. The molecule has 0 radical (unpaired) electrons. The van der Waals surface area contributed by atoms with Crippen LogP contribution in [0, 0.1) is 23.7 Å². The summed E-state index contributed by atoms with van der Waals surface area (Å²) < 4.78 is 6.00. The predicted octanol–water partition coefficient (Wildman–Crippen LogP) is 3.89. The number of hydrogen-bond donors (Lipinski definition) is 0. The van der Waals surface area contributed by atoms with Gasteiger partial charge in [0.1, 0.15) is 0 Å². The smallest absolute Gasteiger partial charge is 0.310 e.